The third-order valence-electron chi connectivity index (χ3n) is 10.3. The average Bonchev–Trinajstić information content (AvgIpc) is 2.73. The van der Waals surface area contributed by atoms with Gasteiger partial charge in [-0.1, -0.05) is 30.3 Å². The van der Waals surface area contributed by atoms with Gasteiger partial charge in [-0.2, -0.15) is 0 Å². The van der Waals surface area contributed by atoms with Gasteiger partial charge in [-0.15, -0.1) is 0 Å². The Kier molecular flexibility index (Phi) is 4.07. The first kappa shape index (κ1) is 19.3. The summed E-state index contributed by atoms with van der Waals surface area (Å²) >= 11 is 0. The molecule has 0 aromatic heterocycles. The van der Waals surface area contributed by atoms with Gasteiger partial charge in [0, 0.05) is 28.9 Å². The third-order valence-corrected chi connectivity index (χ3v) is 10.3. The summed E-state index contributed by atoms with van der Waals surface area (Å²) in [5.41, 5.74) is 7.78. The van der Waals surface area contributed by atoms with Crippen LogP contribution in [0.4, 0.5) is 0 Å². The second kappa shape index (κ2) is 6.32. The molecule has 0 bridgehead atoms. The van der Waals surface area contributed by atoms with Gasteiger partial charge in [-0.05, 0) is 82.2 Å². The van der Waals surface area contributed by atoms with Crippen LogP contribution in [0.2, 0.25) is 0 Å². The van der Waals surface area contributed by atoms with Crippen molar-refractivity contribution >= 4 is 5.91 Å². The van der Waals surface area contributed by atoms with E-state index >= 15 is 0 Å². The predicted octanol–water partition coefficient (Wildman–Crippen LogP) is 3.78. The predicted molar refractivity (Wildman–Crippen MR) is 117 cm³/mol. The number of ether oxygens (including phenoxy) is 1. The fourth-order valence-corrected chi connectivity index (χ4v) is 9.59. The Morgan fingerprint density at radius 1 is 1.13 bits per heavy atom. The van der Waals surface area contributed by atoms with Gasteiger partial charge >= 0.3 is 0 Å². The number of hydrogen-bond donors (Lipinski definition) is 2. The first-order valence-corrected chi connectivity index (χ1v) is 12.2. The molecule has 3 unspecified atom stereocenters. The van der Waals surface area contributed by atoms with Crippen LogP contribution in [0.5, 0.6) is 0 Å². The Hall–Kier alpha value is -1.39. The molecule has 5 fully saturated rings. The molecule has 4 nitrogen and oxygen atoms in total. The summed E-state index contributed by atoms with van der Waals surface area (Å²) in [5, 5.41) is 3.53. The van der Waals surface area contributed by atoms with Gasteiger partial charge in [0.15, 0.2) is 0 Å². The molecule has 5 saturated carbocycles. The molecule has 1 aromatic carbocycles. The van der Waals surface area contributed by atoms with Crippen molar-refractivity contribution < 1.29 is 9.53 Å². The number of amides is 1. The monoisotopic (exact) mass is 408 g/mol. The van der Waals surface area contributed by atoms with Crippen molar-refractivity contribution in [3.8, 4) is 0 Å². The molecule has 1 spiro atoms. The van der Waals surface area contributed by atoms with Crippen molar-refractivity contribution in [2.75, 3.05) is 19.8 Å². The van der Waals surface area contributed by atoms with Gasteiger partial charge in [0.05, 0.1) is 12.0 Å². The zero-order valence-corrected chi connectivity index (χ0v) is 18.3. The number of hydrogen-bond acceptors (Lipinski definition) is 3. The van der Waals surface area contributed by atoms with E-state index in [2.05, 4.69) is 42.6 Å². The molecule has 5 aliphatic rings. The summed E-state index contributed by atoms with van der Waals surface area (Å²) in [7, 11) is 0. The Labute approximate surface area is 180 Å². The Morgan fingerprint density at radius 2 is 1.90 bits per heavy atom. The summed E-state index contributed by atoms with van der Waals surface area (Å²) in [6.07, 6.45) is 9.10. The van der Waals surface area contributed by atoms with Crippen LogP contribution in [-0.4, -0.2) is 31.7 Å². The third kappa shape index (κ3) is 1.95. The van der Waals surface area contributed by atoms with E-state index in [4.69, 9.17) is 10.5 Å². The van der Waals surface area contributed by atoms with Crippen LogP contribution in [0.25, 0.3) is 0 Å². The van der Waals surface area contributed by atoms with Crippen LogP contribution in [0.15, 0.2) is 30.3 Å². The fourth-order valence-electron chi connectivity index (χ4n) is 9.59. The maximum absolute atomic E-state index is 13.8. The first-order chi connectivity index (χ1) is 14.6. The van der Waals surface area contributed by atoms with Gasteiger partial charge < -0.3 is 15.8 Å². The number of carbonyl (C=O) groups is 1. The van der Waals surface area contributed by atoms with E-state index in [1.807, 2.05) is 0 Å². The summed E-state index contributed by atoms with van der Waals surface area (Å²) < 4.78 is 6.01. The van der Waals surface area contributed by atoms with Crippen molar-refractivity contribution in [1.82, 2.24) is 5.32 Å². The Morgan fingerprint density at radius 3 is 2.57 bits per heavy atom. The number of benzene rings is 1. The molecule has 162 valence electrons. The van der Waals surface area contributed by atoms with Crippen molar-refractivity contribution in [2.45, 2.75) is 69.7 Å². The van der Waals surface area contributed by atoms with Gasteiger partial charge in [-0.3, -0.25) is 4.79 Å². The molecule has 3 N–H and O–H groups in total. The molecular formula is C26H36N2O2. The van der Waals surface area contributed by atoms with Crippen LogP contribution < -0.4 is 11.1 Å². The lowest BCUT2D eigenvalue weighted by Gasteiger charge is -2.99. The standard InChI is InChI=1S/C26H36N2O2/c1-2-30-17-23-12-20-13-24(22(29)28-21-10-8-18(14-27)9-11-21)16-25(15-23,26(20,23)24)19-6-4-3-5-7-19/h3-7,18,20-21H,2,8-17,27H2,1H3,(H,28,29)/t18?,20?,21?,23-,24?,25+,26?/m1/s1. The van der Waals surface area contributed by atoms with Gasteiger partial charge in [0.2, 0.25) is 5.91 Å². The zero-order chi connectivity index (χ0) is 20.6. The second-order valence-electron chi connectivity index (χ2n) is 11.1. The number of nitrogens with one attached hydrogen (secondary N) is 1. The highest BCUT2D eigenvalue weighted by molar-refractivity contribution is 5.90. The normalized spacial score (nSPS) is 47.5. The second-order valence-corrected chi connectivity index (χ2v) is 11.1. The van der Waals surface area contributed by atoms with E-state index in [9.17, 15) is 4.79 Å². The van der Waals surface area contributed by atoms with Crippen LogP contribution in [0.1, 0.15) is 63.9 Å². The van der Waals surface area contributed by atoms with E-state index in [1.54, 1.807) is 0 Å². The quantitative estimate of drug-likeness (QED) is 0.722. The highest BCUT2D eigenvalue weighted by Gasteiger charge is 3.00. The van der Waals surface area contributed by atoms with Crippen molar-refractivity contribution in [2.24, 2.45) is 33.8 Å². The van der Waals surface area contributed by atoms with E-state index in [0.29, 0.717) is 23.8 Å². The maximum atomic E-state index is 13.8. The van der Waals surface area contributed by atoms with E-state index < -0.39 is 0 Å². The van der Waals surface area contributed by atoms with Crippen LogP contribution in [0.3, 0.4) is 0 Å². The molecule has 0 radical (unpaired) electrons. The molecule has 0 saturated heterocycles. The van der Waals surface area contributed by atoms with Gasteiger partial charge in [0.1, 0.15) is 0 Å². The molecule has 6 rings (SSSR count). The fraction of sp³-hybridized carbons (Fsp3) is 0.731. The Bertz CT molecular complexity index is 850. The highest BCUT2D eigenvalue weighted by Crippen LogP contribution is 3.01. The minimum absolute atomic E-state index is 0.147. The van der Waals surface area contributed by atoms with Crippen molar-refractivity contribution in [3.05, 3.63) is 35.9 Å². The topological polar surface area (TPSA) is 64.3 Å². The Balaban J connectivity index is 1.27. The smallest absolute Gasteiger partial charge is 0.227 e. The first-order valence-electron chi connectivity index (χ1n) is 12.2. The summed E-state index contributed by atoms with van der Waals surface area (Å²) in [4.78, 5) is 13.8. The molecule has 5 atom stereocenters. The van der Waals surface area contributed by atoms with E-state index in [0.717, 1.165) is 58.3 Å². The van der Waals surface area contributed by atoms with Crippen molar-refractivity contribution in [3.63, 3.8) is 0 Å². The largest absolute Gasteiger partial charge is 0.381 e. The summed E-state index contributed by atoms with van der Waals surface area (Å²) in [6.45, 7) is 4.48. The average molecular weight is 409 g/mol. The molecule has 1 amide bonds. The molecule has 4 heteroatoms. The van der Waals surface area contributed by atoms with Crippen molar-refractivity contribution in [1.29, 1.82) is 0 Å². The molecular weight excluding hydrogens is 372 g/mol. The lowest BCUT2D eigenvalue weighted by Crippen LogP contribution is -2.98. The van der Waals surface area contributed by atoms with Crippen LogP contribution in [0, 0.1) is 28.1 Å². The SMILES string of the molecule is CCOC[C@@]12CC3CC4(C(=O)NC5CCC(CN)CC5)C[C@](c5ccccc5)(C1)C342. The number of carbonyl (C=O) groups excluding carboxylic acids is 1. The molecule has 5 aliphatic carbocycles. The van der Waals surface area contributed by atoms with Crippen LogP contribution >= 0.6 is 0 Å². The summed E-state index contributed by atoms with van der Waals surface area (Å²) in [6, 6.07) is 11.4. The number of nitrogens with two attached hydrogens (primary N) is 1. The molecule has 0 heterocycles. The number of rotatable bonds is 7. The summed E-state index contributed by atoms with van der Waals surface area (Å²) in [5.74, 6) is 1.72. The maximum Gasteiger partial charge on any atom is 0.227 e. The van der Waals surface area contributed by atoms with Gasteiger partial charge in [0.25, 0.3) is 0 Å². The van der Waals surface area contributed by atoms with Gasteiger partial charge in [-0.25, -0.2) is 0 Å². The minimum Gasteiger partial charge on any atom is -0.381 e. The molecule has 30 heavy (non-hydrogen) atoms. The lowest BCUT2D eigenvalue weighted by atomic mass is 9.03. The minimum atomic E-state index is -0.147. The highest BCUT2D eigenvalue weighted by atomic mass is 16.5. The molecule has 0 aliphatic heterocycles. The molecule has 1 aromatic rings. The van der Waals surface area contributed by atoms with Crippen LogP contribution in [-0.2, 0) is 14.9 Å². The van der Waals surface area contributed by atoms with E-state index in [1.165, 1.54) is 18.4 Å². The zero-order valence-electron chi connectivity index (χ0n) is 18.3. The lowest BCUT2D eigenvalue weighted by molar-refractivity contribution is -0.483. The van der Waals surface area contributed by atoms with E-state index in [-0.39, 0.29) is 21.7 Å².